The molecule has 1 saturated carbocycles. The molecule has 1 aromatic carbocycles. The Bertz CT molecular complexity index is 1630. The lowest BCUT2D eigenvalue weighted by Gasteiger charge is -2.28. The number of nitrogens with zero attached hydrogens (tertiary/aromatic N) is 3. The van der Waals surface area contributed by atoms with Gasteiger partial charge in [-0.05, 0) is 84.3 Å². The van der Waals surface area contributed by atoms with Crippen LogP contribution in [-0.4, -0.2) is 31.4 Å². The van der Waals surface area contributed by atoms with Crippen LogP contribution in [0, 0.1) is 29.4 Å². The topological polar surface area (TPSA) is 94.0 Å². The van der Waals surface area contributed by atoms with Crippen LogP contribution >= 0.6 is 15.9 Å². The van der Waals surface area contributed by atoms with Crippen molar-refractivity contribution in [2.45, 2.75) is 62.3 Å². The van der Waals surface area contributed by atoms with Gasteiger partial charge in [0.25, 0.3) is 5.92 Å². The molecule has 2 aliphatic carbocycles. The number of halogens is 8. The highest BCUT2D eigenvalue weighted by molar-refractivity contribution is 9.10. The minimum atomic E-state index is -5.11. The lowest BCUT2D eigenvalue weighted by molar-refractivity contribution is -0.142. The van der Waals surface area contributed by atoms with Crippen molar-refractivity contribution in [1.82, 2.24) is 14.8 Å². The second-order valence-electron chi connectivity index (χ2n) is 10.9. The third-order valence-corrected chi connectivity index (χ3v) is 7.86. The van der Waals surface area contributed by atoms with E-state index in [-0.39, 0.29) is 27.8 Å². The Morgan fingerprint density at radius 1 is 1.21 bits per heavy atom. The molecule has 42 heavy (non-hydrogen) atoms. The van der Waals surface area contributed by atoms with Gasteiger partial charge < -0.3 is 10.8 Å². The molecule has 5 rings (SSSR count). The van der Waals surface area contributed by atoms with E-state index < -0.39 is 82.4 Å². The van der Waals surface area contributed by atoms with E-state index in [0.29, 0.717) is 10.7 Å². The summed E-state index contributed by atoms with van der Waals surface area (Å²) in [6.45, 7) is 2.82. The number of aliphatic hydroxyl groups is 1. The van der Waals surface area contributed by atoms with Crippen molar-refractivity contribution in [3.8, 4) is 11.8 Å². The first-order valence-electron chi connectivity index (χ1n) is 12.6. The van der Waals surface area contributed by atoms with E-state index in [9.17, 15) is 31.9 Å². The van der Waals surface area contributed by atoms with Gasteiger partial charge in [0.15, 0.2) is 5.69 Å². The number of primary amides is 1. The van der Waals surface area contributed by atoms with Crippen molar-refractivity contribution in [1.29, 1.82) is 0 Å². The van der Waals surface area contributed by atoms with E-state index in [1.165, 1.54) is 26.0 Å². The summed E-state index contributed by atoms with van der Waals surface area (Å²) in [6, 6.07) is 3.32. The van der Waals surface area contributed by atoms with Gasteiger partial charge in [-0.25, -0.2) is 18.4 Å². The lowest BCUT2D eigenvalue weighted by Crippen LogP contribution is -2.37. The zero-order valence-corrected chi connectivity index (χ0v) is 23.5. The quantitative estimate of drug-likeness (QED) is 0.262. The maximum absolute atomic E-state index is 15.5. The molecular formula is C28H22BrF7N4O2. The van der Waals surface area contributed by atoms with Gasteiger partial charge in [-0.2, -0.15) is 27.1 Å². The number of alkyl halides is 5. The molecule has 0 bridgehead atoms. The van der Waals surface area contributed by atoms with Crippen LogP contribution in [0.15, 0.2) is 34.8 Å². The number of carbonyl (C=O) groups is 1. The van der Waals surface area contributed by atoms with Gasteiger partial charge in [0.05, 0.1) is 5.69 Å². The van der Waals surface area contributed by atoms with Crippen LogP contribution in [0.3, 0.4) is 0 Å². The standard InChI is InChI=1S/C28H22BrF7N4O2/c1-26(2,42)6-5-15-3-4-19(29)21(38-15)17(9-12-7-13(30)10-14(31)8-12)22(25(37)41)40-24-20(23(39-40)28(34,35)36)16-11-18(16)27(24,32)33/h3-4,7-8,10,16-18,22,42H,9,11H2,1-2H3,(H2,37,41)/t16-,17+,18+,22?/m0/s1. The molecule has 0 radical (unpaired) electrons. The molecule has 0 spiro atoms. The molecule has 3 aromatic rings. The fourth-order valence-corrected chi connectivity index (χ4v) is 5.98. The highest BCUT2D eigenvalue weighted by atomic mass is 79.9. The van der Waals surface area contributed by atoms with Gasteiger partial charge in [-0.15, -0.1) is 0 Å². The highest BCUT2D eigenvalue weighted by Gasteiger charge is 2.69. The fourth-order valence-electron chi connectivity index (χ4n) is 5.47. The summed E-state index contributed by atoms with van der Waals surface area (Å²) in [4.78, 5) is 17.4. The second-order valence-corrected chi connectivity index (χ2v) is 11.8. The SMILES string of the molecule is CC(C)(O)C#Cc1ccc(Br)c([C@@H](Cc2cc(F)cc(F)c2)C(C(N)=O)n2nc(C(F)(F)F)c3c2C(F)(F)[C@@H]2C[C@H]32)n1. The summed E-state index contributed by atoms with van der Waals surface area (Å²) in [7, 11) is 0. The molecule has 14 heteroatoms. The maximum atomic E-state index is 15.5. The molecule has 0 saturated heterocycles. The molecule has 4 atom stereocenters. The number of pyridine rings is 1. The molecule has 1 amide bonds. The first-order valence-corrected chi connectivity index (χ1v) is 13.4. The number of amides is 1. The van der Waals surface area contributed by atoms with E-state index in [4.69, 9.17) is 5.73 Å². The summed E-state index contributed by atoms with van der Waals surface area (Å²) >= 11 is 3.27. The number of hydrogen-bond donors (Lipinski definition) is 2. The van der Waals surface area contributed by atoms with Gasteiger partial charge in [0, 0.05) is 27.9 Å². The number of nitrogens with two attached hydrogens (primary N) is 1. The van der Waals surface area contributed by atoms with Crippen molar-refractivity contribution in [3.63, 3.8) is 0 Å². The zero-order valence-electron chi connectivity index (χ0n) is 21.9. The van der Waals surface area contributed by atoms with Crippen LogP contribution in [0.4, 0.5) is 30.7 Å². The Labute approximate surface area is 243 Å². The molecule has 2 heterocycles. The Morgan fingerprint density at radius 2 is 1.86 bits per heavy atom. The molecule has 1 unspecified atom stereocenters. The summed E-state index contributed by atoms with van der Waals surface area (Å²) < 4.78 is 102. The van der Waals surface area contributed by atoms with E-state index in [0.717, 1.165) is 12.1 Å². The summed E-state index contributed by atoms with van der Waals surface area (Å²) in [5.41, 5.74) is 0.885. The largest absolute Gasteiger partial charge is 0.435 e. The van der Waals surface area contributed by atoms with Crippen LogP contribution in [0.1, 0.15) is 72.0 Å². The van der Waals surface area contributed by atoms with Gasteiger partial charge in [0.2, 0.25) is 5.91 Å². The predicted molar refractivity (Wildman–Crippen MR) is 138 cm³/mol. The Balaban J connectivity index is 1.75. The Morgan fingerprint density at radius 3 is 2.43 bits per heavy atom. The number of aromatic nitrogens is 3. The number of benzene rings is 1. The normalized spacial score (nSPS) is 20.3. The molecule has 2 aromatic heterocycles. The van der Waals surface area contributed by atoms with Crippen LogP contribution in [-0.2, 0) is 23.3 Å². The van der Waals surface area contributed by atoms with E-state index >= 15 is 8.78 Å². The monoisotopic (exact) mass is 658 g/mol. The second kappa shape index (κ2) is 10.1. The van der Waals surface area contributed by atoms with Crippen molar-refractivity contribution in [3.05, 3.63) is 80.3 Å². The number of fused-ring (bicyclic) bond motifs is 3. The third-order valence-electron chi connectivity index (χ3n) is 7.19. The molecule has 1 fully saturated rings. The number of carbonyl (C=O) groups excluding carboxylic acids is 1. The van der Waals surface area contributed by atoms with Gasteiger partial charge in [-0.3, -0.25) is 4.79 Å². The predicted octanol–water partition coefficient (Wildman–Crippen LogP) is 5.72. The highest BCUT2D eigenvalue weighted by Crippen LogP contribution is 2.69. The third kappa shape index (κ3) is 5.51. The van der Waals surface area contributed by atoms with Gasteiger partial charge >= 0.3 is 6.18 Å². The summed E-state index contributed by atoms with van der Waals surface area (Å²) in [6.07, 6.45) is -5.75. The van der Waals surface area contributed by atoms with Crippen LogP contribution < -0.4 is 5.73 Å². The lowest BCUT2D eigenvalue weighted by atomic mass is 9.87. The van der Waals surface area contributed by atoms with E-state index in [1.807, 2.05) is 0 Å². The maximum Gasteiger partial charge on any atom is 0.435 e. The molecule has 222 valence electrons. The van der Waals surface area contributed by atoms with Crippen molar-refractivity contribution >= 4 is 21.8 Å². The molecular weight excluding hydrogens is 637 g/mol. The fraction of sp³-hybridized carbons (Fsp3) is 0.393. The molecule has 0 aliphatic heterocycles. The first kappa shape index (κ1) is 30.0. The van der Waals surface area contributed by atoms with Crippen LogP contribution in [0.5, 0.6) is 0 Å². The van der Waals surface area contributed by atoms with E-state index in [1.54, 1.807) is 0 Å². The van der Waals surface area contributed by atoms with Crippen molar-refractivity contribution < 1.29 is 40.6 Å². The van der Waals surface area contributed by atoms with Gasteiger partial charge in [0.1, 0.15) is 34.7 Å². The summed E-state index contributed by atoms with van der Waals surface area (Å²) in [5, 5.41) is 13.5. The minimum Gasteiger partial charge on any atom is -0.378 e. The molecule has 2 aliphatic rings. The van der Waals surface area contributed by atoms with Gasteiger partial charge in [-0.1, -0.05) is 5.92 Å². The smallest absolute Gasteiger partial charge is 0.378 e. The van der Waals surface area contributed by atoms with Crippen molar-refractivity contribution in [2.75, 3.05) is 0 Å². The number of hydrogen-bond acceptors (Lipinski definition) is 4. The summed E-state index contributed by atoms with van der Waals surface area (Å²) in [5.74, 6) is -5.80. The van der Waals surface area contributed by atoms with Crippen LogP contribution in [0.25, 0.3) is 0 Å². The first-order chi connectivity index (χ1) is 19.4. The Hall–Kier alpha value is -3.44. The molecule has 3 N–H and O–H groups in total. The number of rotatable bonds is 6. The van der Waals surface area contributed by atoms with Crippen molar-refractivity contribution in [2.24, 2.45) is 11.7 Å². The van der Waals surface area contributed by atoms with E-state index in [2.05, 4.69) is 37.9 Å². The average molecular weight is 659 g/mol. The molecule has 6 nitrogen and oxygen atoms in total. The average Bonchev–Trinajstić information content (AvgIpc) is 3.49. The zero-order chi connectivity index (χ0) is 30.9. The minimum absolute atomic E-state index is 0.0437. The van der Waals surface area contributed by atoms with Crippen LogP contribution in [0.2, 0.25) is 0 Å². The Kier molecular flexibility index (Phi) is 7.21.